The maximum atomic E-state index is 13.5. The largest absolute Gasteiger partial charge is 0.417 e. The summed E-state index contributed by atoms with van der Waals surface area (Å²) in [5.74, 6) is -1.02. The second kappa shape index (κ2) is 8.30. The average molecular weight is 403 g/mol. The molecule has 1 unspecified atom stereocenters. The van der Waals surface area contributed by atoms with Crippen molar-refractivity contribution in [3.63, 3.8) is 0 Å². The van der Waals surface area contributed by atoms with Crippen LogP contribution in [0.25, 0.3) is 5.57 Å². The molecule has 150 valence electrons. The topological polar surface area (TPSA) is 46.9 Å². The summed E-state index contributed by atoms with van der Waals surface area (Å²) >= 11 is 0. The fraction of sp³-hybridized carbons (Fsp3) is 0.143. The van der Waals surface area contributed by atoms with Gasteiger partial charge in [-0.05, 0) is 23.3 Å². The van der Waals surface area contributed by atoms with Gasteiger partial charge >= 0.3 is 6.18 Å². The van der Waals surface area contributed by atoms with Crippen LogP contribution in [0.3, 0.4) is 0 Å². The molecule has 8 heteroatoms. The molecular weight excluding hydrogens is 386 g/mol. The Kier molecular flexibility index (Phi) is 5.81. The van der Waals surface area contributed by atoms with Gasteiger partial charge < -0.3 is 9.88 Å². The van der Waals surface area contributed by atoms with Crippen molar-refractivity contribution < 1.29 is 22.4 Å². The van der Waals surface area contributed by atoms with Gasteiger partial charge in [0.25, 0.3) is 0 Å². The summed E-state index contributed by atoms with van der Waals surface area (Å²) < 4.78 is 55.4. The molecule has 0 aliphatic heterocycles. The summed E-state index contributed by atoms with van der Waals surface area (Å²) in [7, 11) is 1.69. The van der Waals surface area contributed by atoms with Gasteiger partial charge in [0.1, 0.15) is 17.7 Å². The Balaban J connectivity index is 1.96. The van der Waals surface area contributed by atoms with Crippen molar-refractivity contribution in [1.29, 1.82) is 0 Å². The highest BCUT2D eigenvalue weighted by Crippen LogP contribution is 2.33. The van der Waals surface area contributed by atoms with Crippen LogP contribution >= 0.6 is 0 Å². The van der Waals surface area contributed by atoms with E-state index in [1.807, 2.05) is 0 Å². The molecule has 0 spiro atoms. The summed E-state index contributed by atoms with van der Waals surface area (Å²) in [4.78, 5) is 16.7. The molecule has 0 aliphatic carbocycles. The summed E-state index contributed by atoms with van der Waals surface area (Å²) in [6.07, 6.45) is -1.06. The molecule has 0 radical (unpaired) electrons. The number of hydrogen-bond acceptors (Lipinski definition) is 2. The number of alkyl halides is 3. The van der Waals surface area contributed by atoms with Crippen molar-refractivity contribution in [2.45, 2.75) is 12.2 Å². The van der Waals surface area contributed by atoms with Gasteiger partial charge in [0.15, 0.2) is 0 Å². The molecule has 4 nitrogen and oxygen atoms in total. The number of halogens is 4. The van der Waals surface area contributed by atoms with Crippen LogP contribution in [0.1, 0.15) is 23.0 Å². The molecule has 0 saturated carbocycles. The number of benzene rings is 2. The standard InChI is InChI=1S/C21H17F4N3O/c1-28-12-11-26-20(28)19(15-7-9-16(22)10-8-15)27-18(29)13-17(21(23,24)25)14-5-3-2-4-6-14/h2-13,19H,1H3,(H,27,29)/b17-13-. The molecule has 29 heavy (non-hydrogen) atoms. The van der Waals surface area contributed by atoms with Gasteiger partial charge in [0, 0.05) is 25.5 Å². The van der Waals surface area contributed by atoms with Crippen LogP contribution in [-0.2, 0) is 11.8 Å². The van der Waals surface area contributed by atoms with E-state index in [9.17, 15) is 22.4 Å². The minimum Gasteiger partial charge on any atom is -0.338 e. The zero-order valence-electron chi connectivity index (χ0n) is 15.3. The second-order valence-corrected chi connectivity index (χ2v) is 6.31. The van der Waals surface area contributed by atoms with E-state index in [-0.39, 0.29) is 5.56 Å². The summed E-state index contributed by atoms with van der Waals surface area (Å²) in [6, 6.07) is 11.5. The Bertz CT molecular complexity index is 1010. The zero-order chi connectivity index (χ0) is 21.0. The van der Waals surface area contributed by atoms with Gasteiger partial charge in [0.2, 0.25) is 5.91 Å². The van der Waals surface area contributed by atoms with E-state index in [0.717, 1.165) is 0 Å². The Labute approximate surface area is 164 Å². The van der Waals surface area contributed by atoms with E-state index in [4.69, 9.17) is 0 Å². The first kappa shape index (κ1) is 20.3. The number of allylic oxidation sites excluding steroid dienone is 1. The highest BCUT2D eigenvalue weighted by molar-refractivity contribution is 5.96. The summed E-state index contributed by atoms with van der Waals surface area (Å²) in [5, 5.41) is 2.55. The average Bonchev–Trinajstić information content (AvgIpc) is 3.10. The minimum absolute atomic E-state index is 0.120. The molecule has 1 heterocycles. The van der Waals surface area contributed by atoms with Crippen molar-refractivity contribution in [3.8, 4) is 0 Å². The number of nitrogens with zero attached hydrogens (tertiary/aromatic N) is 2. The number of nitrogens with one attached hydrogen (secondary N) is 1. The number of aromatic nitrogens is 2. The Hall–Kier alpha value is -3.42. The number of imidazole rings is 1. The smallest absolute Gasteiger partial charge is 0.338 e. The molecule has 0 fully saturated rings. The van der Waals surface area contributed by atoms with Crippen molar-refractivity contribution in [2.24, 2.45) is 7.05 Å². The number of aryl methyl sites for hydroxylation is 1. The summed E-state index contributed by atoms with van der Waals surface area (Å²) in [6.45, 7) is 0. The highest BCUT2D eigenvalue weighted by atomic mass is 19.4. The van der Waals surface area contributed by atoms with Crippen LogP contribution in [0.2, 0.25) is 0 Å². The van der Waals surface area contributed by atoms with E-state index in [1.165, 1.54) is 54.7 Å². The fourth-order valence-corrected chi connectivity index (χ4v) is 2.87. The lowest BCUT2D eigenvalue weighted by Crippen LogP contribution is -2.30. The van der Waals surface area contributed by atoms with Gasteiger partial charge in [-0.3, -0.25) is 4.79 Å². The van der Waals surface area contributed by atoms with Gasteiger partial charge in [-0.25, -0.2) is 9.37 Å². The summed E-state index contributed by atoms with van der Waals surface area (Å²) in [5.41, 5.74) is -0.700. The molecule has 1 amide bonds. The second-order valence-electron chi connectivity index (χ2n) is 6.31. The SMILES string of the molecule is Cn1ccnc1C(NC(=O)/C=C(/c1ccccc1)C(F)(F)F)c1ccc(F)cc1. The van der Waals surface area contributed by atoms with Crippen molar-refractivity contribution in [3.05, 3.63) is 95.8 Å². The molecule has 1 N–H and O–H groups in total. The maximum Gasteiger partial charge on any atom is 0.417 e. The Morgan fingerprint density at radius 1 is 1.10 bits per heavy atom. The van der Waals surface area contributed by atoms with Crippen LogP contribution in [-0.4, -0.2) is 21.6 Å². The third-order valence-corrected chi connectivity index (χ3v) is 4.27. The van der Waals surface area contributed by atoms with Crippen molar-refractivity contribution in [2.75, 3.05) is 0 Å². The molecule has 1 atom stereocenters. The van der Waals surface area contributed by atoms with Crippen molar-refractivity contribution in [1.82, 2.24) is 14.9 Å². The van der Waals surface area contributed by atoms with Crippen LogP contribution < -0.4 is 5.32 Å². The number of carbonyl (C=O) groups is 1. The predicted molar refractivity (Wildman–Crippen MR) is 100 cm³/mol. The lowest BCUT2D eigenvalue weighted by Gasteiger charge is -2.19. The first-order valence-corrected chi connectivity index (χ1v) is 8.63. The highest BCUT2D eigenvalue weighted by Gasteiger charge is 2.35. The number of amides is 1. The molecule has 3 aromatic rings. The van der Waals surface area contributed by atoms with Crippen LogP contribution in [0.15, 0.2) is 73.1 Å². The lowest BCUT2D eigenvalue weighted by molar-refractivity contribution is -0.117. The third kappa shape index (κ3) is 4.90. The van der Waals surface area contributed by atoms with Gasteiger partial charge in [-0.15, -0.1) is 0 Å². The molecule has 1 aromatic heterocycles. The zero-order valence-corrected chi connectivity index (χ0v) is 15.3. The maximum absolute atomic E-state index is 13.5. The first-order chi connectivity index (χ1) is 13.8. The van der Waals surface area contributed by atoms with E-state index in [0.29, 0.717) is 17.5 Å². The van der Waals surface area contributed by atoms with E-state index >= 15 is 0 Å². The van der Waals surface area contributed by atoms with Crippen LogP contribution in [0, 0.1) is 5.82 Å². The predicted octanol–water partition coefficient (Wildman–Crippen LogP) is 4.41. The molecule has 0 aliphatic rings. The fourth-order valence-electron chi connectivity index (χ4n) is 2.87. The molecule has 2 aromatic carbocycles. The van der Waals surface area contributed by atoms with Crippen LogP contribution in [0.5, 0.6) is 0 Å². The van der Waals surface area contributed by atoms with Crippen molar-refractivity contribution >= 4 is 11.5 Å². The van der Waals surface area contributed by atoms with E-state index < -0.39 is 29.5 Å². The van der Waals surface area contributed by atoms with E-state index in [2.05, 4.69) is 10.3 Å². The number of rotatable bonds is 5. The molecule has 0 saturated heterocycles. The third-order valence-electron chi connectivity index (χ3n) is 4.27. The van der Waals surface area contributed by atoms with Gasteiger partial charge in [-0.2, -0.15) is 13.2 Å². The minimum atomic E-state index is -4.71. The molecular formula is C21H17F4N3O. The Morgan fingerprint density at radius 2 is 1.76 bits per heavy atom. The van der Waals surface area contributed by atoms with Gasteiger partial charge in [0.05, 0.1) is 5.57 Å². The van der Waals surface area contributed by atoms with E-state index in [1.54, 1.807) is 23.9 Å². The lowest BCUT2D eigenvalue weighted by atomic mass is 10.0. The Morgan fingerprint density at radius 3 is 2.31 bits per heavy atom. The molecule has 3 rings (SSSR count). The first-order valence-electron chi connectivity index (χ1n) is 8.63. The molecule has 0 bridgehead atoms. The normalized spacial score (nSPS) is 13.2. The number of hydrogen-bond donors (Lipinski definition) is 1. The monoisotopic (exact) mass is 403 g/mol. The van der Waals surface area contributed by atoms with Gasteiger partial charge in [-0.1, -0.05) is 42.5 Å². The van der Waals surface area contributed by atoms with Crippen LogP contribution in [0.4, 0.5) is 17.6 Å². The quantitative estimate of drug-likeness (QED) is 0.507. The number of carbonyl (C=O) groups excluding carboxylic acids is 1.